The van der Waals surface area contributed by atoms with Crippen molar-refractivity contribution in [3.05, 3.63) is 41.4 Å². The number of rotatable bonds is 6. The van der Waals surface area contributed by atoms with Gasteiger partial charge in [-0.3, -0.25) is 0 Å². The quantitative estimate of drug-likeness (QED) is 0.880. The van der Waals surface area contributed by atoms with E-state index in [1.54, 1.807) is 31.2 Å². The van der Waals surface area contributed by atoms with Gasteiger partial charge in [0.05, 0.1) is 11.9 Å². The van der Waals surface area contributed by atoms with E-state index in [0.717, 1.165) is 5.56 Å². The second kappa shape index (κ2) is 6.60. The predicted octanol–water partition coefficient (Wildman–Crippen LogP) is 2.54. The lowest BCUT2D eigenvalue weighted by atomic mass is 10.2. The summed E-state index contributed by atoms with van der Waals surface area (Å²) in [6.07, 6.45) is 1.49. The van der Waals surface area contributed by atoms with E-state index in [1.807, 2.05) is 0 Å². The molecule has 1 aromatic carbocycles. The van der Waals surface area contributed by atoms with Gasteiger partial charge in [0, 0.05) is 17.2 Å². The molecule has 7 heteroatoms. The van der Waals surface area contributed by atoms with Crippen molar-refractivity contribution in [1.29, 1.82) is 0 Å². The van der Waals surface area contributed by atoms with Crippen molar-refractivity contribution in [2.24, 2.45) is 5.92 Å². The van der Waals surface area contributed by atoms with Crippen LogP contribution in [0.1, 0.15) is 12.8 Å². The largest absolute Gasteiger partial charge is 0.440 e. The molecule has 1 N–H and O–H groups in total. The Morgan fingerprint density at radius 1 is 1.33 bits per heavy atom. The average molecular weight is 330 g/mol. The zero-order valence-electron chi connectivity index (χ0n) is 11.5. The minimum absolute atomic E-state index is 0.0951. The molecule has 0 bridgehead atoms. The number of oxazole rings is 1. The SMILES string of the molecule is CC(CO)CS(=O)(=O)Cc1ncc(-c2ccc(Cl)cc2)o1. The third kappa shape index (κ3) is 4.56. The fourth-order valence-corrected chi connectivity index (χ4v) is 3.58. The fourth-order valence-electron chi connectivity index (χ4n) is 1.86. The number of hydrogen-bond acceptors (Lipinski definition) is 5. The molecule has 0 saturated carbocycles. The molecule has 2 rings (SSSR count). The molecule has 1 heterocycles. The zero-order valence-corrected chi connectivity index (χ0v) is 13.1. The van der Waals surface area contributed by atoms with Gasteiger partial charge in [0.25, 0.3) is 0 Å². The number of aromatic nitrogens is 1. The van der Waals surface area contributed by atoms with Crippen LogP contribution in [0.2, 0.25) is 5.02 Å². The highest BCUT2D eigenvalue weighted by Crippen LogP contribution is 2.23. The average Bonchev–Trinajstić information content (AvgIpc) is 2.86. The highest BCUT2D eigenvalue weighted by molar-refractivity contribution is 7.90. The molecule has 1 aromatic heterocycles. The van der Waals surface area contributed by atoms with Crippen LogP contribution in [0, 0.1) is 5.92 Å². The Bertz CT molecular complexity index is 694. The third-order valence-corrected chi connectivity index (χ3v) is 4.89. The minimum Gasteiger partial charge on any atom is -0.440 e. The van der Waals surface area contributed by atoms with Crippen molar-refractivity contribution in [1.82, 2.24) is 4.98 Å². The van der Waals surface area contributed by atoms with Gasteiger partial charge in [0.1, 0.15) is 5.75 Å². The van der Waals surface area contributed by atoms with Crippen molar-refractivity contribution >= 4 is 21.4 Å². The molecular formula is C14H16ClNO4S. The summed E-state index contributed by atoms with van der Waals surface area (Å²) in [7, 11) is -3.36. The maximum absolute atomic E-state index is 11.9. The first-order valence-corrected chi connectivity index (χ1v) is 8.61. The minimum atomic E-state index is -3.36. The fraction of sp³-hybridized carbons (Fsp3) is 0.357. The molecule has 21 heavy (non-hydrogen) atoms. The Hall–Kier alpha value is -1.37. The Balaban J connectivity index is 2.11. The van der Waals surface area contributed by atoms with Crippen molar-refractivity contribution in [2.45, 2.75) is 12.7 Å². The van der Waals surface area contributed by atoms with Crippen LogP contribution >= 0.6 is 11.6 Å². The number of hydrogen-bond donors (Lipinski definition) is 1. The van der Waals surface area contributed by atoms with Crippen LogP contribution in [-0.2, 0) is 15.6 Å². The molecule has 1 atom stereocenters. The van der Waals surface area contributed by atoms with Crippen molar-refractivity contribution in [3.8, 4) is 11.3 Å². The first-order valence-electron chi connectivity index (χ1n) is 6.41. The van der Waals surface area contributed by atoms with E-state index in [1.165, 1.54) is 6.20 Å². The Morgan fingerprint density at radius 3 is 2.62 bits per heavy atom. The number of halogens is 1. The summed E-state index contributed by atoms with van der Waals surface area (Å²) in [5, 5.41) is 9.54. The summed E-state index contributed by atoms with van der Waals surface area (Å²) in [5.41, 5.74) is 0.777. The number of benzene rings is 1. The molecular weight excluding hydrogens is 314 g/mol. The standard InChI is InChI=1S/C14H16ClNO4S/c1-10(7-17)8-21(18,19)9-14-16-6-13(20-14)11-2-4-12(15)5-3-11/h2-6,10,17H,7-9H2,1H3. The number of aliphatic hydroxyl groups excluding tert-OH is 1. The normalized spacial score (nSPS) is 13.3. The van der Waals surface area contributed by atoms with Gasteiger partial charge < -0.3 is 9.52 Å². The molecule has 114 valence electrons. The van der Waals surface area contributed by atoms with Crippen molar-refractivity contribution < 1.29 is 17.9 Å². The lowest BCUT2D eigenvalue weighted by Gasteiger charge is -2.07. The molecule has 0 fully saturated rings. The van der Waals surface area contributed by atoms with Crippen LogP contribution < -0.4 is 0 Å². The second-order valence-corrected chi connectivity index (χ2v) is 7.51. The number of sulfone groups is 1. The first kappa shape index (κ1) is 16.0. The summed E-state index contributed by atoms with van der Waals surface area (Å²) in [5.74, 6) is -0.0366. The van der Waals surface area contributed by atoms with E-state index in [4.69, 9.17) is 21.1 Å². The van der Waals surface area contributed by atoms with E-state index in [9.17, 15) is 8.42 Å². The molecule has 0 aliphatic rings. The third-order valence-electron chi connectivity index (χ3n) is 2.88. The highest BCUT2D eigenvalue weighted by atomic mass is 35.5. The van der Waals surface area contributed by atoms with E-state index in [-0.39, 0.29) is 29.9 Å². The van der Waals surface area contributed by atoms with Gasteiger partial charge >= 0.3 is 0 Å². The molecule has 0 aliphatic carbocycles. The van der Waals surface area contributed by atoms with Gasteiger partial charge in [-0.05, 0) is 30.2 Å². The van der Waals surface area contributed by atoms with Crippen molar-refractivity contribution in [3.63, 3.8) is 0 Å². The second-order valence-electron chi connectivity index (χ2n) is 4.97. The van der Waals surface area contributed by atoms with Gasteiger partial charge in [-0.15, -0.1) is 0 Å². The molecule has 0 saturated heterocycles. The monoisotopic (exact) mass is 329 g/mol. The summed E-state index contributed by atoms with van der Waals surface area (Å²) in [6, 6.07) is 6.99. The summed E-state index contributed by atoms with van der Waals surface area (Å²) >= 11 is 5.81. The lowest BCUT2D eigenvalue weighted by Crippen LogP contribution is -2.18. The molecule has 5 nitrogen and oxygen atoms in total. The maximum atomic E-state index is 11.9. The van der Waals surface area contributed by atoms with E-state index >= 15 is 0 Å². The molecule has 2 aromatic rings. The van der Waals surface area contributed by atoms with Gasteiger partial charge in [-0.25, -0.2) is 13.4 Å². The lowest BCUT2D eigenvalue weighted by molar-refractivity contribution is 0.249. The molecule has 0 amide bonds. The van der Waals surface area contributed by atoms with Crippen molar-refractivity contribution in [2.75, 3.05) is 12.4 Å². The van der Waals surface area contributed by atoms with Gasteiger partial charge in [0.2, 0.25) is 5.89 Å². The summed E-state index contributed by atoms with van der Waals surface area (Å²) in [6.45, 7) is 1.51. The van der Waals surface area contributed by atoms with Crippen LogP contribution in [0.5, 0.6) is 0 Å². The van der Waals surface area contributed by atoms with Crippen LogP contribution in [-0.4, -0.2) is 30.9 Å². The Morgan fingerprint density at radius 2 is 2.00 bits per heavy atom. The van der Waals surface area contributed by atoms with Gasteiger partial charge in [-0.1, -0.05) is 18.5 Å². The molecule has 1 unspecified atom stereocenters. The Labute approximate surface area is 128 Å². The van der Waals surface area contributed by atoms with Crippen LogP contribution in [0.25, 0.3) is 11.3 Å². The topological polar surface area (TPSA) is 80.4 Å². The Kier molecular flexibility index (Phi) is 5.03. The number of nitrogens with zero attached hydrogens (tertiary/aromatic N) is 1. The predicted molar refractivity (Wildman–Crippen MR) is 80.7 cm³/mol. The number of aliphatic hydroxyl groups is 1. The maximum Gasteiger partial charge on any atom is 0.210 e. The van der Waals surface area contributed by atoms with Crippen LogP contribution in [0.15, 0.2) is 34.9 Å². The smallest absolute Gasteiger partial charge is 0.210 e. The molecule has 0 radical (unpaired) electrons. The summed E-state index contributed by atoms with van der Waals surface area (Å²) in [4.78, 5) is 3.99. The summed E-state index contributed by atoms with van der Waals surface area (Å²) < 4.78 is 29.3. The zero-order chi connectivity index (χ0) is 15.5. The van der Waals surface area contributed by atoms with Gasteiger partial charge in [-0.2, -0.15) is 0 Å². The van der Waals surface area contributed by atoms with E-state index in [2.05, 4.69) is 4.98 Å². The molecule has 0 aliphatic heterocycles. The molecule has 0 spiro atoms. The first-order chi connectivity index (χ1) is 9.89. The van der Waals surface area contributed by atoms with Crippen LogP contribution in [0.4, 0.5) is 0 Å². The highest BCUT2D eigenvalue weighted by Gasteiger charge is 2.19. The van der Waals surface area contributed by atoms with Gasteiger partial charge in [0.15, 0.2) is 15.6 Å². The van der Waals surface area contributed by atoms with E-state index in [0.29, 0.717) is 10.8 Å². The van der Waals surface area contributed by atoms with E-state index < -0.39 is 9.84 Å². The van der Waals surface area contributed by atoms with Crippen LogP contribution in [0.3, 0.4) is 0 Å².